The third-order valence-electron chi connectivity index (χ3n) is 2.40. The third-order valence-corrected chi connectivity index (χ3v) is 2.40. The third kappa shape index (κ3) is 3.29. The molecular formula is C12H19NO. The number of nitrogens with two attached hydrogens (primary N) is 1. The average Bonchev–Trinajstić information content (AvgIpc) is 2.18. The van der Waals surface area contributed by atoms with Gasteiger partial charge in [-0.05, 0) is 36.6 Å². The zero-order valence-corrected chi connectivity index (χ0v) is 8.79. The molecule has 78 valence electrons. The fraction of sp³-hybridized carbons (Fsp3) is 0.500. The van der Waals surface area contributed by atoms with Gasteiger partial charge in [-0.2, -0.15) is 0 Å². The number of phenols is 1. The lowest BCUT2D eigenvalue weighted by Crippen LogP contribution is -1.90. The van der Waals surface area contributed by atoms with Crippen molar-refractivity contribution in [1.82, 2.24) is 0 Å². The Balaban J connectivity index is 2.45. The van der Waals surface area contributed by atoms with Crippen LogP contribution >= 0.6 is 0 Å². The van der Waals surface area contributed by atoms with Crippen LogP contribution in [0.25, 0.3) is 0 Å². The van der Waals surface area contributed by atoms with Gasteiger partial charge in [-0.3, -0.25) is 0 Å². The molecule has 3 N–H and O–H groups in total. The number of benzene rings is 1. The molecule has 0 fully saturated rings. The molecule has 14 heavy (non-hydrogen) atoms. The van der Waals surface area contributed by atoms with E-state index in [1.807, 2.05) is 6.07 Å². The molecular weight excluding hydrogens is 174 g/mol. The predicted molar refractivity (Wildman–Crippen MR) is 60.4 cm³/mol. The largest absolute Gasteiger partial charge is 0.508 e. The maximum Gasteiger partial charge on any atom is 0.118 e. The number of hydrogen-bond acceptors (Lipinski definition) is 2. The summed E-state index contributed by atoms with van der Waals surface area (Å²) >= 11 is 0. The summed E-state index contributed by atoms with van der Waals surface area (Å²) in [5.41, 5.74) is 7.35. The summed E-state index contributed by atoms with van der Waals surface area (Å²) in [7, 11) is 0. The van der Waals surface area contributed by atoms with Gasteiger partial charge in [-0.1, -0.05) is 26.2 Å². The first kappa shape index (κ1) is 10.9. The molecule has 1 rings (SSSR count). The Kier molecular flexibility index (Phi) is 4.30. The number of nitrogen functional groups attached to an aromatic ring is 1. The lowest BCUT2D eigenvalue weighted by molar-refractivity contribution is 0.466. The van der Waals surface area contributed by atoms with Crippen molar-refractivity contribution in [2.75, 3.05) is 5.73 Å². The first-order valence-electron chi connectivity index (χ1n) is 5.31. The maximum atomic E-state index is 9.54. The van der Waals surface area contributed by atoms with Gasteiger partial charge in [-0.25, -0.2) is 0 Å². The van der Waals surface area contributed by atoms with Crippen LogP contribution in [0.4, 0.5) is 5.69 Å². The van der Waals surface area contributed by atoms with E-state index in [9.17, 15) is 5.11 Å². The quantitative estimate of drug-likeness (QED) is 0.429. The van der Waals surface area contributed by atoms with Crippen molar-refractivity contribution in [1.29, 1.82) is 0 Å². The summed E-state index contributed by atoms with van der Waals surface area (Å²) in [5.74, 6) is 0.371. The van der Waals surface area contributed by atoms with Gasteiger partial charge in [0.25, 0.3) is 0 Å². The van der Waals surface area contributed by atoms with E-state index in [1.54, 1.807) is 12.1 Å². The summed E-state index contributed by atoms with van der Waals surface area (Å²) in [6.07, 6.45) is 5.79. The average molecular weight is 193 g/mol. The number of anilines is 1. The molecule has 0 radical (unpaired) electrons. The van der Waals surface area contributed by atoms with Gasteiger partial charge in [0.15, 0.2) is 0 Å². The molecule has 0 bridgehead atoms. The highest BCUT2D eigenvalue weighted by atomic mass is 16.3. The number of aryl methyl sites for hydroxylation is 1. The minimum atomic E-state index is 0.371. The lowest BCUT2D eigenvalue weighted by atomic mass is 10.0. The summed E-state index contributed by atoms with van der Waals surface area (Å²) < 4.78 is 0. The fourth-order valence-corrected chi connectivity index (χ4v) is 1.55. The molecule has 0 aromatic heterocycles. The Morgan fingerprint density at radius 3 is 2.71 bits per heavy atom. The van der Waals surface area contributed by atoms with Gasteiger partial charge >= 0.3 is 0 Å². The van der Waals surface area contributed by atoms with Crippen molar-refractivity contribution in [3.63, 3.8) is 0 Å². The number of rotatable bonds is 5. The molecule has 0 aliphatic heterocycles. The topological polar surface area (TPSA) is 46.2 Å². The highest BCUT2D eigenvalue weighted by molar-refractivity contribution is 5.47. The molecule has 0 aliphatic rings. The van der Waals surface area contributed by atoms with E-state index >= 15 is 0 Å². The first-order chi connectivity index (χ1) is 6.74. The van der Waals surface area contributed by atoms with Gasteiger partial charge in [0.1, 0.15) is 5.75 Å². The van der Waals surface area contributed by atoms with Gasteiger partial charge in [0.05, 0.1) is 0 Å². The minimum absolute atomic E-state index is 0.371. The summed E-state index contributed by atoms with van der Waals surface area (Å²) in [6.45, 7) is 2.19. The van der Waals surface area contributed by atoms with E-state index < -0.39 is 0 Å². The van der Waals surface area contributed by atoms with Crippen LogP contribution in [0, 0.1) is 0 Å². The van der Waals surface area contributed by atoms with Gasteiger partial charge in [-0.15, -0.1) is 0 Å². The van der Waals surface area contributed by atoms with Crippen molar-refractivity contribution >= 4 is 5.69 Å². The molecule has 1 aromatic rings. The van der Waals surface area contributed by atoms with E-state index in [0.29, 0.717) is 5.75 Å². The van der Waals surface area contributed by atoms with E-state index in [4.69, 9.17) is 5.73 Å². The van der Waals surface area contributed by atoms with Crippen LogP contribution in [-0.4, -0.2) is 5.11 Å². The van der Waals surface area contributed by atoms with Crippen LogP contribution in [0.15, 0.2) is 18.2 Å². The van der Waals surface area contributed by atoms with Crippen LogP contribution in [0.5, 0.6) is 5.75 Å². The number of unbranched alkanes of at least 4 members (excludes halogenated alkanes) is 3. The molecule has 0 heterocycles. The Labute approximate surface area is 85.8 Å². The SMILES string of the molecule is CCCCCCc1cc(N)ccc1O. The second-order valence-corrected chi connectivity index (χ2v) is 3.70. The smallest absolute Gasteiger partial charge is 0.118 e. The number of phenolic OH excluding ortho intramolecular Hbond substituents is 1. The van der Waals surface area contributed by atoms with E-state index in [0.717, 1.165) is 24.1 Å². The molecule has 0 unspecified atom stereocenters. The van der Waals surface area contributed by atoms with Crippen LogP contribution in [-0.2, 0) is 6.42 Å². The summed E-state index contributed by atoms with van der Waals surface area (Å²) in [5, 5.41) is 9.54. The Hall–Kier alpha value is -1.18. The van der Waals surface area contributed by atoms with Crippen molar-refractivity contribution in [2.45, 2.75) is 39.0 Å². The second kappa shape index (κ2) is 5.53. The molecule has 0 atom stereocenters. The van der Waals surface area contributed by atoms with Crippen molar-refractivity contribution in [2.24, 2.45) is 0 Å². The first-order valence-corrected chi connectivity index (χ1v) is 5.31. The van der Waals surface area contributed by atoms with Crippen molar-refractivity contribution < 1.29 is 5.11 Å². The normalized spacial score (nSPS) is 10.4. The molecule has 0 saturated carbocycles. The summed E-state index contributed by atoms with van der Waals surface area (Å²) in [4.78, 5) is 0. The second-order valence-electron chi connectivity index (χ2n) is 3.70. The Bertz CT molecular complexity index is 284. The molecule has 0 amide bonds. The molecule has 2 nitrogen and oxygen atoms in total. The van der Waals surface area contributed by atoms with Crippen molar-refractivity contribution in [3.05, 3.63) is 23.8 Å². The van der Waals surface area contributed by atoms with E-state index in [2.05, 4.69) is 6.92 Å². The lowest BCUT2D eigenvalue weighted by Gasteiger charge is -2.05. The van der Waals surface area contributed by atoms with Crippen LogP contribution < -0.4 is 5.73 Å². The predicted octanol–water partition coefficient (Wildman–Crippen LogP) is 3.10. The van der Waals surface area contributed by atoms with Crippen LogP contribution in [0.3, 0.4) is 0 Å². The zero-order valence-electron chi connectivity index (χ0n) is 8.79. The highest BCUT2D eigenvalue weighted by Gasteiger charge is 2.00. The molecule has 2 heteroatoms. The molecule has 0 aliphatic carbocycles. The minimum Gasteiger partial charge on any atom is -0.508 e. The van der Waals surface area contributed by atoms with Crippen LogP contribution in [0.2, 0.25) is 0 Å². The molecule has 1 aromatic carbocycles. The number of hydrogen-bond donors (Lipinski definition) is 2. The zero-order chi connectivity index (χ0) is 10.4. The van der Waals surface area contributed by atoms with Gasteiger partial charge in [0.2, 0.25) is 0 Å². The standard InChI is InChI=1S/C12H19NO/c1-2-3-4-5-6-10-9-11(13)7-8-12(10)14/h7-9,14H,2-6,13H2,1H3. The number of aromatic hydroxyl groups is 1. The molecule has 0 spiro atoms. The maximum absolute atomic E-state index is 9.54. The van der Waals surface area contributed by atoms with Crippen molar-refractivity contribution in [3.8, 4) is 5.75 Å². The Morgan fingerprint density at radius 1 is 1.21 bits per heavy atom. The van der Waals surface area contributed by atoms with Gasteiger partial charge in [0, 0.05) is 5.69 Å². The van der Waals surface area contributed by atoms with E-state index in [1.165, 1.54) is 19.3 Å². The monoisotopic (exact) mass is 193 g/mol. The van der Waals surface area contributed by atoms with E-state index in [-0.39, 0.29) is 0 Å². The highest BCUT2D eigenvalue weighted by Crippen LogP contribution is 2.21. The Morgan fingerprint density at radius 2 is 2.00 bits per heavy atom. The van der Waals surface area contributed by atoms with Crippen LogP contribution in [0.1, 0.15) is 38.2 Å². The summed E-state index contributed by atoms with van der Waals surface area (Å²) in [6, 6.07) is 5.26. The fourth-order valence-electron chi connectivity index (χ4n) is 1.55. The molecule has 0 saturated heterocycles. The van der Waals surface area contributed by atoms with Gasteiger partial charge < -0.3 is 10.8 Å².